The van der Waals surface area contributed by atoms with Crippen LogP contribution >= 0.6 is 11.3 Å². The second-order valence-corrected chi connectivity index (χ2v) is 9.20. The van der Waals surface area contributed by atoms with Gasteiger partial charge in [0.2, 0.25) is 11.8 Å². The van der Waals surface area contributed by atoms with Gasteiger partial charge in [-0.1, -0.05) is 42.0 Å². The highest BCUT2D eigenvalue weighted by atomic mass is 32.1. The number of thiophene rings is 1. The zero-order chi connectivity index (χ0) is 21.7. The van der Waals surface area contributed by atoms with Gasteiger partial charge in [-0.2, -0.15) is 0 Å². The van der Waals surface area contributed by atoms with E-state index in [4.69, 9.17) is 4.42 Å². The fourth-order valence-corrected chi connectivity index (χ4v) is 5.41. The van der Waals surface area contributed by atoms with Crippen LogP contribution in [0.5, 0.6) is 0 Å². The first-order valence-corrected chi connectivity index (χ1v) is 11.4. The summed E-state index contributed by atoms with van der Waals surface area (Å²) in [5, 5.41) is 11.2. The molecular weight excluding hydrogens is 412 g/mol. The number of fused-ring (bicyclic) bond motifs is 3. The van der Waals surface area contributed by atoms with Crippen molar-refractivity contribution >= 4 is 31.5 Å². The Balaban J connectivity index is 1.49. The van der Waals surface area contributed by atoms with Crippen LogP contribution in [0.2, 0.25) is 0 Å². The Kier molecular flexibility index (Phi) is 4.40. The molecule has 0 saturated heterocycles. The number of benzene rings is 4. The topological polar surface area (TPSA) is 38.9 Å². The summed E-state index contributed by atoms with van der Waals surface area (Å²) in [5.41, 5.74) is 6.77. The van der Waals surface area contributed by atoms with Gasteiger partial charge in [0.15, 0.2) is 0 Å². The van der Waals surface area contributed by atoms with Crippen LogP contribution in [0, 0.1) is 13.8 Å². The summed E-state index contributed by atoms with van der Waals surface area (Å²) in [6.07, 6.45) is 0. The Hall–Kier alpha value is -3.76. The van der Waals surface area contributed by atoms with Crippen LogP contribution < -0.4 is 0 Å². The van der Waals surface area contributed by atoms with Gasteiger partial charge in [0, 0.05) is 31.3 Å². The van der Waals surface area contributed by atoms with Gasteiger partial charge in [-0.3, -0.25) is 0 Å². The number of aromatic nitrogens is 2. The summed E-state index contributed by atoms with van der Waals surface area (Å²) in [7, 11) is 0. The van der Waals surface area contributed by atoms with Gasteiger partial charge in [0.05, 0.1) is 0 Å². The van der Waals surface area contributed by atoms with Gasteiger partial charge in [0.25, 0.3) is 0 Å². The van der Waals surface area contributed by atoms with Gasteiger partial charge >= 0.3 is 0 Å². The van der Waals surface area contributed by atoms with Gasteiger partial charge in [-0.25, -0.2) is 0 Å². The number of nitrogens with zero attached hydrogens (tertiary/aromatic N) is 2. The van der Waals surface area contributed by atoms with Crippen molar-refractivity contribution in [2.24, 2.45) is 0 Å². The average molecular weight is 433 g/mol. The zero-order valence-corrected chi connectivity index (χ0v) is 18.6. The van der Waals surface area contributed by atoms with Gasteiger partial charge in [-0.05, 0) is 79.1 Å². The van der Waals surface area contributed by atoms with Crippen molar-refractivity contribution in [2.45, 2.75) is 13.8 Å². The predicted molar refractivity (Wildman–Crippen MR) is 133 cm³/mol. The lowest BCUT2D eigenvalue weighted by Gasteiger charge is -2.07. The number of hydrogen-bond donors (Lipinski definition) is 0. The Morgan fingerprint density at radius 3 is 2.19 bits per heavy atom. The summed E-state index contributed by atoms with van der Waals surface area (Å²) in [5.74, 6) is 1.06. The molecule has 6 aromatic rings. The molecule has 4 aromatic carbocycles. The van der Waals surface area contributed by atoms with E-state index in [-0.39, 0.29) is 0 Å². The lowest BCUT2D eigenvalue weighted by Crippen LogP contribution is -1.84. The number of rotatable bonds is 3. The molecule has 0 aliphatic heterocycles. The van der Waals surface area contributed by atoms with E-state index in [9.17, 15) is 0 Å². The molecule has 0 amide bonds. The molecule has 0 spiro atoms. The van der Waals surface area contributed by atoms with Crippen LogP contribution in [0.15, 0.2) is 89.3 Å². The largest absolute Gasteiger partial charge is 0.416 e. The minimum Gasteiger partial charge on any atom is -0.416 e. The van der Waals surface area contributed by atoms with E-state index >= 15 is 0 Å². The SMILES string of the molecule is Cc1ccc2sc3c(-c4cccc(-c5nnc(-c6ccccc6)o5)c4)cc(C)cc3c2c1. The number of hydrogen-bond acceptors (Lipinski definition) is 4. The second kappa shape index (κ2) is 7.43. The smallest absolute Gasteiger partial charge is 0.248 e. The molecule has 0 atom stereocenters. The highest BCUT2D eigenvalue weighted by molar-refractivity contribution is 7.26. The van der Waals surface area contributed by atoms with Crippen LogP contribution in [0.25, 0.3) is 54.2 Å². The fraction of sp³-hybridized carbons (Fsp3) is 0.0714. The minimum absolute atomic E-state index is 0.529. The molecule has 0 radical (unpaired) electrons. The van der Waals surface area contributed by atoms with E-state index in [1.54, 1.807) is 0 Å². The summed E-state index contributed by atoms with van der Waals surface area (Å²) < 4.78 is 8.63. The van der Waals surface area contributed by atoms with Crippen molar-refractivity contribution < 1.29 is 4.42 Å². The van der Waals surface area contributed by atoms with E-state index in [0.717, 1.165) is 16.7 Å². The molecule has 2 aromatic heterocycles. The maximum Gasteiger partial charge on any atom is 0.248 e. The molecule has 6 rings (SSSR count). The summed E-state index contributed by atoms with van der Waals surface area (Å²) in [6, 6.07) is 29.5. The quantitative estimate of drug-likeness (QED) is 0.284. The maximum absolute atomic E-state index is 6.00. The molecule has 0 N–H and O–H groups in total. The third-order valence-corrected chi connectivity index (χ3v) is 6.96. The molecule has 154 valence electrons. The zero-order valence-electron chi connectivity index (χ0n) is 17.8. The molecule has 2 heterocycles. The lowest BCUT2D eigenvalue weighted by atomic mass is 9.98. The van der Waals surface area contributed by atoms with E-state index < -0.39 is 0 Å². The Morgan fingerprint density at radius 2 is 1.34 bits per heavy atom. The van der Waals surface area contributed by atoms with Crippen molar-refractivity contribution in [2.75, 3.05) is 0 Å². The molecule has 32 heavy (non-hydrogen) atoms. The summed E-state index contributed by atoms with van der Waals surface area (Å²) in [6.45, 7) is 4.31. The van der Waals surface area contributed by atoms with Crippen LogP contribution in [-0.2, 0) is 0 Å². The molecule has 0 fully saturated rings. The Morgan fingerprint density at radius 1 is 0.625 bits per heavy atom. The first kappa shape index (κ1) is 19.0. The molecule has 0 saturated carbocycles. The van der Waals surface area contributed by atoms with Crippen molar-refractivity contribution in [3.8, 4) is 34.0 Å². The monoisotopic (exact) mass is 432 g/mol. The molecular formula is C28H20N2OS. The highest BCUT2D eigenvalue weighted by Crippen LogP contribution is 2.41. The van der Waals surface area contributed by atoms with Crippen molar-refractivity contribution in [1.29, 1.82) is 0 Å². The van der Waals surface area contributed by atoms with Crippen molar-refractivity contribution in [1.82, 2.24) is 10.2 Å². The first-order valence-electron chi connectivity index (χ1n) is 10.6. The van der Waals surface area contributed by atoms with E-state index in [0.29, 0.717) is 11.8 Å². The van der Waals surface area contributed by atoms with Crippen LogP contribution in [0.3, 0.4) is 0 Å². The Bertz CT molecular complexity index is 1590. The van der Waals surface area contributed by atoms with Crippen LogP contribution in [0.4, 0.5) is 0 Å². The molecule has 0 aliphatic carbocycles. The van der Waals surface area contributed by atoms with Gasteiger partial charge < -0.3 is 4.42 Å². The standard InChI is InChI=1S/C28H20N2OS/c1-17-11-12-25-23(13-17)24-15-18(2)14-22(26(24)32-25)20-9-6-10-21(16-20)28-30-29-27(31-28)19-7-4-3-5-8-19/h3-16H,1-2H3. The van der Waals surface area contributed by atoms with Crippen LogP contribution in [0.1, 0.15) is 11.1 Å². The highest BCUT2D eigenvalue weighted by Gasteiger charge is 2.15. The summed E-state index contributed by atoms with van der Waals surface area (Å²) >= 11 is 1.85. The normalized spacial score (nSPS) is 11.4. The van der Waals surface area contributed by atoms with Crippen molar-refractivity contribution in [3.63, 3.8) is 0 Å². The number of aryl methyl sites for hydroxylation is 2. The van der Waals surface area contributed by atoms with Gasteiger partial charge in [-0.15, -0.1) is 21.5 Å². The second-order valence-electron chi connectivity index (χ2n) is 8.15. The van der Waals surface area contributed by atoms with E-state index in [2.05, 4.69) is 72.6 Å². The van der Waals surface area contributed by atoms with E-state index in [1.165, 1.54) is 36.9 Å². The fourth-order valence-electron chi connectivity index (χ4n) is 4.21. The third-order valence-electron chi connectivity index (χ3n) is 5.74. The first-order chi connectivity index (χ1) is 15.7. The Labute approximate surface area is 190 Å². The summed E-state index contributed by atoms with van der Waals surface area (Å²) in [4.78, 5) is 0. The van der Waals surface area contributed by atoms with E-state index in [1.807, 2.05) is 47.7 Å². The third kappa shape index (κ3) is 3.20. The van der Waals surface area contributed by atoms with Crippen molar-refractivity contribution in [3.05, 3.63) is 96.1 Å². The van der Waals surface area contributed by atoms with Crippen LogP contribution in [-0.4, -0.2) is 10.2 Å². The average Bonchev–Trinajstić information content (AvgIpc) is 3.45. The molecule has 3 nitrogen and oxygen atoms in total. The predicted octanol–water partition coefficient (Wildman–Crippen LogP) is 8.06. The maximum atomic E-state index is 6.00. The lowest BCUT2D eigenvalue weighted by molar-refractivity contribution is 0.584. The molecule has 0 unspecified atom stereocenters. The molecule has 0 bridgehead atoms. The van der Waals surface area contributed by atoms with Gasteiger partial charge in [0.1, 0.15) is 0 Å². The molecule has 4 heteroatoms. The minimum atomic E-state index is 0.529. The molecule has 0 aliphatic rings.